The van der Waals surface area contributed by atoms with Crippen molar-refractivity contribution in [1.82, 2.24) is 0 Å². The van der Waals surface area contributed by atoms with E-state index in [-0.39, 0.29) is 10.6 Å². The molecule has 5 heteroatoms. The summed E-state index contributed by atoms with van der Waals surface area (Å²) in [7, 11) is 0. The minimum atomic E-state index is -0.386. The van der Waals surface area contributed by atoms with E-state index in [1.165, 1.54) is 6.07 Å². The number of nitrogens with zero attached hydrogens (tertiary/aromatic N) is 1. The molecule has 0 radical (unpaired) electrons. The van der Waals surface area contributed by atoms with Gasteiger partial charge in [0.25, 0.3) is 5.69 Å². The monoisotopic (exact) mass is 271 g/mol. The van der Waals surface area contributed by atoms with Gasteiger partial charge >= 0.3 is 0 Å². The first kappa shape index (κ1) is 14.8. The number of unbranched alkanes of at least 4 members (excludes halogenated alkanes) is 3. The molecule has 0 aliphatic rings. The van der Waals surface area contributed by atoms with Gasteiger partial charge in [0.05, 0.1) is 17.1 Å². The lowest BCUT2D eigenvalue weighted by Gasteiger charge is -2.08. The molecule has 18 heavy (non-hydrogen) atoms. The number of ether oxygens (including phenoxy) is 1. The summed E-state index contributed by atoms with van der Waals surface area (Å²) in [5.41, 5.74) is 0.692. The van der Waals surface area contributed by atoms with E-state index in [0.717, 1.165) is 25.7 Å². The van der Waals surface area contributed by atoms with E-state index in [9.17, 15) is 10.1 Å². The molecule has 1 rings (SSSR count). The fourth-order valence-corrected chi connectivity index (χ4v) is 1.88. The Morgan fingerprint density at radius 1 is 1.28 bits per heavy atom. The molecule has 1 aromatic carbocycles. The van der Waals surface area contributed by atoms with E-state index in [1.54, 1.807) is 19.1 Å². The van der Waals surface area contributed by atoms with Crippen LogP contribution in [0, 0.1) is 17.0 Å². The fourth-order valence-electron chi connectivity index (χ4n) is 1.69. The Hall–Kier alpha value is -1.29. The average molecular weight is 272 g/mol. The van der Waals surface area contributed by atoms with Crippen LogP contribution in [0.1, 0.15) is 31.2 Å². The third-order valence-corrected chi connectivity index (χ3v) is 3.00. The van der Waals surface area contributed by atoms with Crippen LogP contribution in [0.3, 0.4) is 0 Å². The number of nitro groups is 1. The molecular formula is C13H18ClNO3. The molecule has 0 N–H and O–H groups in total. The molecule has 0 fully saturated rings. The normalized spacial score (nSPS) is 10.3. The minimum Gasteiger partial charge on any atom is -0.493 e. The Balaban J connectivity index is 2.43. The quantitative estimate of drug-likeness (QED) is 0.310. The lowest BCUT2D eigenvalue weighted by Crippen LogP contribution is -2.01. The van der Waals surface area contributed by atoms with Crippen LogP contribution in [0.4, 0.5) is 5.69 Å². The van der Waals surface area contributed by atoms with Crippen molar-refractivity contribution in [2.45, 2.75) is 32.6 Å². The summed E-state index contributed by atoms with van der Waals surface area (Å²) in [6, 6.07) is 4.90. The van der Waals surface area contributed by atoms with Crippen molar-refractivity contribution in [2.75, 3.05) is 12.5 Å². The molecule has 1 aromatic rings. The lowest BCUT2D eigenvalue weighted by atomic mass is 10.2. The Bertz CT molecular complexity index is 396. The zero-order valence-corrected chi connectivity index (χ0v) is 11.3. The largest absolute Gasteiger partial charge is 0.493 e. The maximum Gasteiger partial charge on any atom is 0.276 e. The molecule has 0 unspecified atom stereocenters. The third-order valence-electron chi connectivity index (χ3n) is 2.74. The first-order chi connectivity index (χ1) is 8.66. The van der Waals surface area contributed by atoms with Crippen LogP contribution in [0.5, 0.6) is 5.75 Å². The number of hydrogen-bond donors (Lipinski definition) is 0. The zero-order valence-electron chi connectivity index (χ0n) is 10.5. The standard InChI is InChI=1S/C13H18ClNO3/c1-11-12(15(16)17)7-6-8-13(11)18-10-5-3-2-4-9-14/h6-8H,2-5,9-10H2,1H3. The minimum absolute atomic E-state index is 0.106. The predicted octanol–water partition coefficient (Wildman–Crippen LogP) is 4.08. The van der Waals surface area contributed by atoms with Crippen LogP contribution >= 0.6 is 11.6 Å². The molecule has 0 heterocycles. The van der Waals surface area contributed by atoms with E-state index in [0.29, 0.717) is 23.8 Å². The molecule has 0 aromatic heterocycles. The van der Waals surface area contributed by atoms with Crippen molar-refractivity contribution in [2.24, 2.45) is 0 Å². The molecule has 100 valence electrons. The Labute approximate surface area is 112 Å². The third kappa shape index (κ3) is 4.53. The number of rotatable bonds is 8. The molecule has 0 saturated carbocycles. The van der Waals surface area contributed by atoms with Crippen LogP contribution in [-0.2, 0) is 0 Å². The van der Waals surface area contributed by atoms with Crippen molar-refractivity contribution in [3.8, 4) is 5.75 Å². The SMILES string of the molecule is Cc1c(OCCCCCCCl)cccc1[N+](=O)[O-]. The van der Waals surface area contributed by atoms with E-state index in [2.05, 4.69) is 0 Å². The molecule has 0 aliphatic carbocycles. The van der Waals surface area contributed by atoms with Crippen molar-refractivity contribution in [1.29, 1.82) is 0 Å². The predicted molar refractivity (Wildman–Crippen MR) is 72.5 cm³/mol. The van der Waals surface area contributed by atoms with Crippen LogP contribution < -0.4 is 4.74 Å². The summed E-state index contributed by atoms with van der Waals surface area (Å²) in [6.07, 6.45) is 4.14. The van der Waals surface area contributed by atoms with Gasteiger partial charge in [-0.05, 0) is 25.8 Å². The van der Waals surface area contributed by atoms with Gasteiger partial charge in [0, 0.05) is 11.9 Å². The van der Waals surface area contributed by atoms with Crippen molar-refractivity contribution < 1.29 is 9.66 Å². The molecule has 0 spiro atoms. The number of halogens is 1. The van der Waals surface area contributed by atoms with Gasteiger partial charge in [-0.1, -0.05) is 18.9 Å². The highest BCUT2D eigenvalue weighted by atomic mass is 35.5. The van der Waals surface area contributed by atoms with E-state index < -0.39 is 0 Å². The van der Waals surface area contributed by atoms with Gasteiger partial charge in [-0.3, -0.25) is 10.1 Å². The summed E-state index contributed by atoms with van der Waals surface area (Å²) in [5.74, 6) is 1.30. The van der Waals surface area contributed by atoms with E-state index in [4.69, 9.17) is 16.3 Å². The zero-order chi connectivity index (χ0) is 13.4. The maximum atomic E-state index is 10.8. The first-order valence-electron chi connectivity index (χ1n) is 6.09. The molecule has 0 aliphatic heterocycles. The summed E-state index contributed by atoms with van der Waals surface area (Å²) >= 11 is 5.58. The van der Waals surface area contributed by atoms with E-state index in [1.807, 2.05) is 0 Å². The highest BCUT2D eigenvalue weighted by Gasteiger charge is 2.13. The molecule has 4 nitrogen and oxygen atoms in total. The molecular weight excluding hydrogens is 254 g/mol. The summed E-state index contributed by atoms with van der Waals surface area (Å²) in [4.78, 5) is 10.4. The van der Waals surface area contributed by atoms with Crippen molar-refractivity contribution in [3.05, 3.63) is 33.9 Å². The number of benzene rings is 1. The number of hydrogen-bond acceptors (Lipinski definition) is 3. The summed E-state index contributed by atoms with van der Waals surface area (Å²) in [5, 5.41) is 10.8. The summed E-state index contributed by atoms with van der Waals surface area (Å²) < 4.78 is 5.57. The first-order valence-corrected chi connectivity index (χ1v) is 6.63. The molecule has 0 bridgehead atoms. The van der Waals surface area contributed by atoms with Gasteiger partial charge in [-0.25, -0.2) is 0 Å². The summed E-state index contributed by atoms with van der Waals surface area (Å²) in [6.45, 7) is 2.30. The number of nitro benzene ring substituents is 1. The lowest BCUT2D eigenvalue weighted by molar-refractivity contribution is -0.385. The van der Waals surface area contributed by atoms with Gasteiger partial charge in [-0.2, -0.15) is 0 Å². The van der Waals surface area contributed by atoms with Crippen LogP contribution in [0.25, 0.3) is 0 Å². The van der Waals surface area contributed by atoms with Crippen molar-refractivity contribution >= 4 is 17.3 Å². The van der Waals surface area contributed by atoms with E-state index >= 15 is 0 Å². The highest BCUT2D eigenvalue weighted by Crippen LogP contribution is 2.27. The molecule has 0 saturated heterocycles. The molecule has 0 atom stereocenters. The highest BCUT2D eigenvalue weighted by molar-refractivity contribution is 6.17. The topological polar surface area (TPSA) is 52.4 Å². The van der Waals surface area contributed by atoms with Gasteiger partial charge < -0.3 is 4.74 Å². The second kappa shape index (κ2) is 7.93. The van der Waals surface area contributed by atoms with Crippen LogP contribution in [0.2, 0.25) is 0 Å². The van der Waals surface area contributed by atoms with Crippen LogP contribution in [-0.4, -0.2) is 17.4 Å². The fraction of sp³-hybridized carbons (Fsp3) is 0.538. The Kier molecular flexibility index (Phi) is 6.50. The molecule has 0 amide bonds. The Morgan fingerprint density at radius 3 is 2.67 bits per heavy atom. The van der Waals surface area contributed by atoms with Gasteiger partial charge in [0.2, 0.25) is 0 Å². The van der Waals surface area contributed by atoms with Gasteiger partial charge in [0.15, 0.2) is 0 Å². The van der Waals surface area contributed by atoms with Crippen LogP contribution in [0.15, 0.2) is 18.2 Å². The second-order valence-electron chi connectivity index (χ2n) is 4.11. The Morgan fingerprint density at radius 2 is 2.00 bits per heavy atom. The average Bonchev–Trinajstić information content (AvgIpc) is 2.35. The maximum absolute atomic E-state index is 10.8. The number of alkyl halides is 1. The smallest absolute Gasteiger partial charge is 0.276 e. The second-order valence-corrected chi connectivity index (χ2v) is 4.49. The van der Waals surface area contributed by atoms with Gasteiger partial charge in [0.1, 0.15) is 5.75 Å². The van der Waals surface area contributed by atoms with Gasteiger partial charge in [-0.15, -0.1) is 11.6 Å². The van der Waals surface area contributed by atoms with Crippen molar-refractivity contribution in [3.63, 3.8) is 0 Å².